The predicted octanol–water partition coefficient (Wildman–Crippen LogP) is 9.99. The van der Waals surface area contributed by atoms with Crippen LogP contribution in [-0.4, -0.2) is 238 Å². The first-order chi connectivity index (χ1) is 62.4. The number of ether oxygens (including phenoxy) is 6. The molecule has 7 heterocycles. The van der Waals surface area contributed by atoms with Crippen molar-refractivity contribution < 1.29 is 115 Å². The highest BCUT2D eigenvalue weighted by molar-refractivity contribution is 7.83. The maximum atomic E-state index is 12.9. The summed E-state index contributed by atoms with van der Waals surface area (Å²) in [6.45, 7) is 1.09. The molecule has 15 rings (SSSR count). The molecule has 0 aliphatic carbocycles. The van der Waals surface area contributed by atoms with Crippen molar-refractivity contribution in [2.75, 3.05) is 42.7 Å². The van der Waals surface area contributed by atoms with Crippen molar-refractivity contribution in [1.82, 2.24) is 34.7 Å². The number of thiocarbonyl (C=S) groups is 5. The lowest BCUT2D eigenvalue weighted by atomic mass is 10.0. The molecule has 7 aliphatic heterocycles. The molecule has 5 atom stereocenters. The summed E-state index contributed by atoms with van der Waals surface area (Å²) in [7, 11) is 7.46. The van der Waals surface area contributed by atoms with Crippen LogP contribution in [0.1, 0.15) is 171 Å². The number of rotatable bonds is 25. The van der Waals surface area contributed by atoms with Gasteiger partial charge in [0.05, 0.1) is 89.1 Å². The molecule has 7 aliphatic rings. The molecule has 130 heavy (non-hydrogen) atoms. The molecule has 670 valence electrons. The molecule has 8 aromatic rings. The number of nitrogens with one attached hydrogen (secondary N) is 1. The van der Waals surface area contributed by atoms with Crippen LogP contribution in [-0.2, 0) is 89.5 Å². The van der Waals surface area contributed by atoms with Crippen molar-refractivity contribution in [2.45, 2.75) is 108 Å². The number of nitrogens with zero attached hydrogens (tertiary/aromatic N) is 7. The van der Waals surface area contributed by atoms with Crippen molar-refractivity contribution in [1.29, 1.82) is 0 Å². The maximum Gasteiger partial charge on any atom is 0.329 e. The number of benzene rings is 8. The van der Waals surface area contributed by atoms with Gasteiger partial charge in [0.15, 0.2) is 0 Å². The highest BCUT2D eigenvalue weighted by atomic mass is 32.1. The van der Waals surface area contributed by atoms with E-state index < -0.39 is 102 Å². The first kappa shape index (κ1) is 97.8. The van der Waals surface area contributed by atoms with Gasteiger partial charge in [-0.3, -0.25) is 92.3 Å². The van der Waals surface area contributed by atoms with Crippen molar-refractivity contribution in [2.24, 2.45) is 4.99 Å². The van der Waals surface area contributed by atoms with E-state index in [-0.39, 0.29) is 103 Å². The Balaban J connectivity index is 0.000000162. The molecule has 8 amide bonds. The van der Waals surface area contributed by atoms with Gasteiger partial charge in [-0.05, 0) is 79.6 Å². The summed E-state index contributed by atoms with van der Waals surface area (Å²) in [5, 5.41) is 20.1. The van der Waals surface area contributed by atoms with Gasteiger partial charge in [-0.2, -0.15) is 0 Å². The van der Waals surface area contributed by atoms with Crippen LogP contribution in [0.3, 0.4) is 0 Å². The van der Waals surface area contributed by atoms with Crippen molar-refractivity contribution in [3.63, 3.8) is 0 Å². The highest BCUT2D eigenvalue weighted by Crippen LogP contribution is 2.35. The van der Waals surface area contributed by atoms with Gasteiger partial charge in [0.2, 0.25) is 11.8 Å². The molecule has 0 bridgehead atoms. The van der Waals surface area contributed by atoms with Gasteiger partial charge in [0, 0.05) is 65.5 Å². The Labute approximate surface area is 771 Å². The fourth-order valence-corrected chi connectivity index (χ4v) is 16.6. The van der Waals surface area contributed by atoms with Crippen LogP contribution in [0, 0.1) is 0 Å². The molecule has 5 unspecified atom stereocenters. The van der Waals surface area contributed by atoms with Crippen molar-refractivity contribution >= 4 is 187 Å². The first-order valence-corrected chi connectivity index (χ1v) is 42.0. The van der Waals surface area contributed by atoms with Crippen LogP contribution < -0.4 is 5.32 Å². The Morgan fingerprint density at radius 1 is 0.362 bits per heavy atom. The van der Waals surface area contributed by atoms with E-state index in [0.29, 0.717) is 67.9 Å². The zero-order chi connectivity index (χ0) is 94.3. The topological polar surface area (TPSA) is 413 Å². The lowest BCUT2D eigenvalue weighted by Crippen LogP contribution is -2.54. The Kier molecular flexibility index (Phi) is 34.1. The number of amidine groups is 1. The van der Waals surface area contributed by atoms with Crippen LogP contribution in [0.4, 0.5) is 0 Å². The molecule has 0 aromatic heterocycles. The zero-order valence-corrected chi connectivity index (χ0v) is 74.6. The number of amides is 8. The number of fused-ring (bicyclic) bond motifs is 6. The zero-order valence-electron chi connectivity index (χ0n) is 70.5. The number of piperidine rings is 1. The van der Waals surface area contributed by atoms with E-state index in [9.17, 15) is 81.8 Å². The molecule has 0 radical (unpaired) electrons. The normalized spacial score (nSPS) is 15.8. The summed E-state index contributed by atoms with van der Waals surface area (Å²) < 4.78 is 27.9. The molecule has 0 spiro atoms. The van der Waals surface area contributed by atoms with E-state index in [0.717, 1.165) is 56.1 Å². The monoisotopic (exact) mass is 1860 g/mol. The summed E-state index contributed by atoms with van der Waals surface area (Å²) in [6, 6.07) is 57.2. The quantitative estimate of drug-likeness (QED) is 0.0207. The summed E-state index contributed by atoms with van der Waals surface area (Å²) in [5.74, 6) is -7.90. The number of carboxylic acids is 2. The van der Waals surface area contributed by atoms with Gasteiger partial charge in [-0.25, -0.2) is 19.2 Å². The third-order valence-electron chi connectivity index (χ3n) is 21.1. The number of methoxy groups -OCH3 is 6. The van der Waals surface area contributed by atoms with Crippen molar-refractivity contribution in [3.8, 4) is 0 Å². The Bertz CT molecular complexity index is 5470. The van der Waals surface area contributed by atoms with Crippen LogP contribution in [0.25, 0.3) is 0 Å². The molecule has 0 saturated carbocycles. The minimum absolute atomic E-state index is 0.0149. The predicted molar refractivity (Wildman–Crippen MR) is 487 cm³/mol. The summed E-state index contributed by atoms with van der Waals surface area (Å²) in [6.07, 6.45) is 0.197. The maximum absolute atomic E-state index is 12.9. The van der Waals surface area contributed by atoms with Crippen LogP contribution in [0.2, 0.25) is 0 Å². The first-order valence-electron chi connectivity index (χ1n) is 40.0. The van der Waals surface area contributed by atoms with E-state index in [1.165, 1.54) is 57.5 Å². The molecular formula is C93H84N8O24S5. The fourth-order valence-electron chi connectivity index (χ4n) is 14.6. The second-order valence-corrected chi connectivity index (χ2v) is 30.8. The SMILES string of the molecule is COC(=O)CCC(C(=O)OC)N1C(=O)c2ccccc2C1=O.COC(=O)CCC(C(=O)OC)N1C(=O)c2ccccc2C1=S.COC(=O)CCC(C(=O)OC)N1C(=S)c2ccccc2C1=S.O=C(O)CCC(C(=O)O)N1C(=O)c2ccccc2C1=S.O=C1CCC(N2C(=O)c3ccccc3C2=S)C(=O)N1.O=C1c2ccccc2C(=NCc2ccccc2)N1Cc1ccccc1. The average Bonchev–Trinajstić information content (AvgIpc) is 1.64. The van der Waals surface area contributed by atoms with Crippen LogP contribution >= 0.6 is 61.1 Å². The molecule has 8 aromatic carbocycles. The van der Waals surface area contributed by atoms with Gasteiger partial charge in [0.25, 0.3) is 35.4 Å². The number of hydrogen-bond donors (Lipinski definition) is 3. The number of carbonyl (C=O) groups is 16. The van der Waals surface area contributed by atoms with Crippen LogP contribution in [0.15, 0.2) is 211 Å². The third-order valence-corrected chi connectivity index (χ3v) is 23.2. The smallest absolute Gasteiger partial charge is 0.329 e. The summed E-state index contributed by atoms with van der Waals surface area (Å²) >= 11 is 26.6. The lowest BCUT2D eigenvalue weighted by molar-refractivity contribution is -0.147. The third kappa shape index (κ3) is 22.4. The molecule has 3 N–H and O–H groups in total. The Morgan fingerprint density at radius 3 is 1.04 bits per heavy atom. The highest BCUT2D eigenvalue weighted by Gasteiger charge is 2.47. The minimum Gasteiger partial charge on any atom is -0.481 e. The van der Waals surface area contributed by atoms with E-state index in [2.05, 4.69) is 24.3 Å². The number of esters is 6. The van der Waals surface area contributed by atoms with Gasteiger partial charge in [-0.15, -0.1) is 0 Å². The van der Waals surface area contributed by atoms with Gasteiger partial charge >= 0.3 is 47.8 Å². The summed E-state index contributed by atoms with van der Waals surface area (Å²) in [4.78, 5) is 204. The Hall–Kier alpha value is -14.4. The van der Waals surface area contributed by atoms with E-state index in [1.54, 1.807) is 94.7 Å². The number of aliphatic imine (C=N–C) groups is 1. The van der Waals surface area contributed by atoms with Crippen LogP contribution in [0.5, 0.6) is 0 Å². The van der Waals surface area contributed by atoms with E-state index in [1.807, 2.05) is 109 Å². The molecule has 37 heteroatoms. The number of carbonyl (C=O) groups excluding carboxylic acids is 14. The lowest BCUT2D eigenvalue weighted by Gasteiger charge is -2.29. The van der Waals surface area contributed by atoms with Gasteiger partial charge in [0.1, 0.15) is 61.0 Å². The molecule has 1 saturated heterocycles. The number of carboxylic acid groups (broad SMARTS) is 2. The molecule has 32 nitrogen and oxygen atoms in total. The number of hydrogen-bond acceptors (Lipinski definition) is 28. The molecule has 1 fully saturated rings. The second-order valence-electron chi connectivity index (χ2n) is 28.9. The largest absolute Gasteiger partial charge is 0.481 e. The average molecular weight is 1860 g/mol. The molecular weight excluding hydrogens is 1770 g/mol. The Morgan fingerprint density at radius 2 is 0.669 bits per heavy atom. The number of imide groups is 2. The number of aliphatic carboxylic acids is 2. The van der Waals surface area contributed by atoms with E-state index >= 15 is 0 Å². The van der Waals surface area contributed by atoms with Gasteiger partial charge in [-0.1, -0.05) is 231 Å². The minimum atomic E-state index is -1.27. The van der Waals surface area contributed by atoms with Crippen molar-refractivity contribution in [3.05, 3.63) is 284 Å². The second kappa shape index (κ2) is 45.3. The summed E-state index contributed by atoms with van der Waals surface area (Å²) in [5.41, 5.74) is 9.06. The van der Waals surface area contributed by atoms with E-state index in [4.69, 9.17) is 80.7 Å². The fraction of sp³-hybridized carbons (Fsp3) is 0.247. The standard InChI is InChI=1S/C22H18N2O.C15H15NO6.C15H15NO5S.C15H15NO4S2.C13H10N2O3S.C13H11NO5S/c25-22-20-14-8-7-13-19(20)21(23-15-17-9-3-1-4-10-17)24(22)16-18-11-5-2-6-12-18;1-21-12(17)8-7-11(15(20)22-2)16-13(18)9-5-3-4-6-10(9)14(16)19;1-20-12(17)8-7-11(15(19)21-2)16-13(18)9-5-3-4-6-10(9)14(16)22;1-19-12(17)8-7-11(15(18)20-2)16-13(21)9-5-3-4-6-10(9)14(16)22;16-10-6-5-9(11(17)14-10)15-12(18)7-3-1-2-4-8(7)13(15)19;15-10(16)6-5-9(13(18)19)14-11(17)7-3-1-2-4-8(7)12(14)20/h1-14H,15-16H2;3*3-6,11H,7-8H2,1-2H3;1-4,9H,5-6H2,(H,14,16,17);1-4,9H,5-6H2,(H,15,16)(H,18,19). The van der Waals surface area contributed by atoms with Gasteiger partial charge < -0.3 is 43.5 Å².